The third-order valence-electron chi connectivity index (χ3n) is 8.09. The Balaban J connectivity index is 1.39. The van der Waals surface area contributed by atoms with E-state index in [0.717, 1.165) is 41.7 Å². The summed E-state index contributed by atoms with van der Waals surface area (Å²) < 4.78 is 15.3. The zero-order chi connectivity index (χ0) is 24.1. The lowest BCUT2D eigenvalue weighted by molar-refractivity contribution is -0.225. The van der Waals surface area contributed by atoms with Crippen molar-refractivity contribution in [2.45, 2.75) is 37.9 Å². The monoisotopic (exact) mass is 554 g/mol. The predicted molar refractivity (Wildman–Crippen MR) is 152 cm³/mol. The fourth-order valence-corrected chi connectivity index (χ4v) is 9.39. The van der Waals surface area contributed by atoms with Crippen LogP contribution in [0.2, 0.25) is 0 Å². The highest BCUT2D eigenvalue weighted by atomic mass is 79.9. The van der Waals surface area contributed by atoms with Crippen molar-refractivity contribution < 1.29 is 9.47 Å². The molecule has 1 spiro atoms. The third kappa shape index (κ3) is 3.63. The molecule has 0 aromatic heterocycles. The summed E-state index contributed by atoms with van der Waals surface area (Å²) in [5, 5.41) is 3.97. The van der Waals surface area contributed by atoms with Gasteiger partial charge in [0.05, 0.1) is 4.47 Å². The average Bonchev–Trinajstić information content (AvgIpc) is 2.92. The minimum Gasteiger partial charge on any atom is -0.451 e. The van der Waals surface area contributed by atoms with Crippen molar-refractivity contribution in [3.8, 4) is 11.5 Å². The Morgan fingerprint density at radius 3 is 1.83 bits per heavy atom. The SMILES string of the molecule is Brc1cccc2c1O[C@]13Oc4c(cccc4P(c4ccccc4)c4ccccc4)C[C@H]1CCC[C@@H]3C2. The molecule has 1 saturated carbocycles. The van der Waals surface area contributed by atoms with Crippen LogP contribution in [0.3, 0.4) is 0 Å². The Hall–Kier alpha value is -2.61. The van der Waals surface area contributed by atoms with E-state index >= 15 is 0 Å². The van der Waals surface area contributed by atoms with Crippen molar-refractivity contribution in [1.82, 2.24) is 0 Å². The van der Waals surface area contributed by atoms with Gasteiger partial charge in [0.25, 0.3) is 5.79 Å². The van der Waals surface area contributed by atoms with Gasteiger partial charge < -0.3 is 9.47 Å². The highest BCUT2D eigenvalue weighted by Crippen LogP contribution is 2.54. The first kappa shape index (κ1) is 22.6. The summed E-state index contributed by atoms with van der Waals surface area (Å²) >= 11 is 3.77. The molecule has 4 aromatic rings. The summed E-state index contributed by atoms with van der Waals surface area (Å²) in [6.07, 6.45) is 5.54. The van der Waals surface area contributed by atoms with Crippen molar-refractivity contribution in [1.29, 1.82) is 0 Å². The lowest BCUT2D eigenvalue weighted by Gasteiger charge is -2.54. The van der Waals surface area contributed by atoms with Gasteiger partial charge in [-0.05, 0) is 77.3 Å². The summed E-state index contributed by atoms with van der Waals surface area (Å²) in [6.45, 7) is 0. The highest BCUT2D eigenvalue weighted by molar-refractivity contribution is 9.10. The second-order valence-electron chi connectivity index (χ2n) is 10.2. The minimum atomic E-state index is -0.762. The summed E-state index contributed by atoms with van der Waals surface area (Å²) in [5.41, 5.74) is 2.61. The van der Waals surface area contributed by atoms with Crippen LogP contribution in [0.15, 0.2) is 102 Å². The molecule has 0 N–H and O–H groups in total. The summed E-state index contributed by atoms with van der Waals surface area (Å²) in [4.78, 5) is 0. The lowest BCUT2D eigenvalue weighted by atomic mass is 9.68. The molecule has 2 aliphatic heterocycles. The molecular formula is C32H28BrO2P. The molecule has 180 valence electrons. The number of halogens is 1. The zero-order valence-corrected chi connectivity index (χ0v) is 22.5. The van der Waals surface area contributed by atoms with E-state index in [-0.39, 0.29) is 0 Å². The van der Waals surface area contributed by atoms with Crippen LogP contribution in [0.1, 0.15) is 30.4 Å². The number of hydrogen-bond donors (Lipinski definition) is 0. The third-order valence-corrected chi connectivity index (χ3v) is 11.2. The van der Waals surface area contributed by atoms with Crippen LogP contribution >= 0.6 is 23.9 Å². The Kier molecular flexibility index (Phi) is 5.67. The van der Waals surface area contributed by atoms with Gasteiger partial charge in [0, 0.05) is 17.1 Å². The van der Waals surface area contributed by atoms with E-state index in [1.165, 1.54) is 33.5 Å². The topological polar surface area (TPSA) is 18.5 Å². The van der Waals surface area contributed by atoms with Gasteiger partial charge in [0.2, 0.25) is 0 Å². The molecule has 4 aromatic carbocycles. The van der Waals surface area contributed by atoms with E-state index in [1.807, 2.05) is 0 Å². The number of benzene rings is 4. The first-order chi connectivity index (χ1) is 17.7. The quantitative estimate of drug-likeness (QED) is 0.257. The maximum absolute atomic E-state index is 7.27. The minimum absolute atomic E-state index is 0.360. The van der Waals surface area contributed by atoms with E-state index in [1.54, 1.807) is 0 Å². The zero-order valence-electron chi connectivity index (χ0n) is 20.1. The molecule has 2 heterocycles. The lowest BCUT2D eigenvalue weighted by Crippen LogP contribution is -2.62. The molecule has 0 radical (unpaired) electrons. The van der Waals surface area contributed by atoms with Crippen LogP contribution in [-0.4, -0.2) is 5.79 Å². The van der Waals surface area contributed by atoms with Gasteiger partial charge >= 0.3 is 0 Å². The van der Waals surface area contributed by atoms with Gasteiger partial charge in [-0.25, -0.2) is 0 Å². The van der Waals surface area contributed by atoms with Gasteiger partial charge in [-0.1, -0.05) is 97.4 Å². The maximum atomic E-state index is 7.27. The number of para-hydroxylation sites is 2. The Bertz CT molecular complexity index is 1370. The van der Waals surface area contributed by atoms with Gasteiger partial charge in [0.1, 0.15) is 11.5 Å². The molecule has 36 heavy (non-hydrogen) atoms. The standard InChI is InChI=1S/C32H28BrO2P/c33-28-18-7-10-22-20-24-12-9-13-25-21-23-11-8-19-29(31(23)35-32(24,25)34-30(22)28)36(26-14-3-1-4-15-26)27-16-5-2-6-17-27/h1-8,10-11,14-19,24-25H,9,12-13,20-21H2/t24-,25-,32-/m1/s1. The predicted octanol–water partition coefficient (Wildman–Crippen LogP) is 6.89. The van der Waals surface area contributed by atoms with E-state index in [4.69, 9.17) is 9.47 Å². The van der Waals surface area contributed by atoms with E-state index in [9.17, 15) is 0 Å². The second kappa shape index (κ2) is 9.05. The van der Waals surface area contributed by atoms with Gasteiger partial charge in [0.15, 0.2) is 0 Å². The van der Waals surface area contributed by atoms with Gasteiger partial charge in [-0.3, -0.25) is 0 Å². The molecule has 3 atom stereocenters. The van der Waals surface area contributed by atoms with Crippen LogP contribution in [0.5, 0.6) is 11.5 Å². The van der Waals surface area contributed by atoms with Crippen LogP contribution < -0.4 is 25.4 Å². The molecule has 7 rings (SSSR count). The van der Waals surface area contributed by atoms with Crippen molar-refractivity contribution >= 4 is 39.8 Å². The highest BCUT2D eigenvalue weighted by Gasteiger charge is 2.57. The largest absolute Gasteiger partial charge is 0.451 e. The molecule has 3 aliphatic rings. The van der Waals surface area contributed by atoms with Gasteiger partial charge in [-0.2, -0.15) is 0 Å². The maximum Gasteiger partial charge on any atom is 0.257 e. The number of fused-ring (bicyclic) bond motifs is 2. The first-order valence-corrected chi connectivity index (χ1v) is 15.0. The fourth-order valence-electron chi connectivity index (χ4n) is 6.47. The normalized spacial score (nSPS) is 23.9. The van der Waals surface area contributed by atoms with E-state index in [2.05, 4.69) is 113 Å². The van der Waals surface area contributed by atoms with E-state index < -0.39 is 13.7 Å². The number of hydrogen-bond acceptors (Lipinski definition) is 2. The molecular weight excluding hydrogens is 527 g/mol. The molecule has 0 unspecified atom stereocenters. The first-order valence-electron chi connectivity index (χ1n) is 12.9. The Morgan fingerprint density at radius 1 is 0.639 bits per heavy atom. The van der Waals surface area contributed by atoms with Crippen molar-refractivity contribution in [3.05, 3.63) is 113 Å². The average molecular weight is 555 g/mol. The summed E-state index contributed by atoms with van der Waals surface area (Å²) in [7, 11) is -0.762. The number of ether oxygens (including phenoxy) is 2. The number of rotatable bonds is 3. The smallest absolute Gasteiger partial charge is 0.257 e. The molecule has 1 aliphatic carbocycles. The van der Waals surface area contributed by atoms with Crippen molar-refractivity contribution in [3.63, 3.8) is 0 Å². The van der Waals surface area contributed by atoms with Crippen LogP contribution in [0.4, 0.5) is 0 Å². The van der Waals surface area contributed by atoms with Crippen LogP contribution in [0, 0.1) is 11.8 Å². The summed E-state index contributed by atoms with van der Waals surface area (Å²) in [5.74, 6) is 2.13. The van der Waals surface area contributed by atoms with Gasteiger partial charge in [-0.15, -0.1) is 0 Å². The molecule has 1 fully saturated rings. The molecule has 0 saturated heterocycles. The Labute approximate surface area is 222 Å². The molecule has 0 bridgehead atoms. The van der Waals surface area contributed by atoms with Crippen molar-refractivity contribution in [2.75, 3.05) is 0 Å². The molecule has 4 heteroatoms. The fraction of sp³-hybridized carbons (Fsp3) is 0.250. The summed E-state index contributed by atoms with van der Waals surface area (Å²) in [6, 6.07) is 35.0. The van der Waals surface area contributed by atoms with Crippen molar-refractivity contribution in [2.24, 2.45) is 11.8 Å². The molecule has 2 nitrogen and oxygen atoms in total. The van der Waals surface area contributed by atoms with E-state index in [0.29, 0.717) is 11.8 Å². The second-order valence-corrected chi connectivity index (χ2v) is 13.2. The van der Waals surface area contributed by atoms with Crippen LogP contribution in [0.25, 0.3) is 0 Å². The Morgan fingerprint density at radius 2 is 1.19 bits per heavy atom. The molecule has 0 amide bonds. The van der Waals surface area contributed by atoms with Crippen LogP contribution in [-0.2, 0) is 12.8 Å².